The Morgan fingerprint density at radius 2 is 2.04 bits per heavy atom. The number of amides is 2. The van der Waals surface area contributed by atoms with Crippen LogP contribution in [0.1, 0.15) is 23.5 Å². The van der Waals surface area contributed by atoms with Gasteiger partial charge in [0.1, 0.15) is 10.8 Å². The molecule has 0 radical (unpaired) electrons. The Kier molecular flexibility index (Phi) is 6.53. The van der Waals surface area contributed by atoms with Gasteiger partial charge in [-0.3, -0.25) is 0 Å². The highest BCUT2D eigenvalue weighted by Gasteiger charge is 2.33. The van der Waals surface area contributed by atoms with E-state index in [2.05, 4.69) is 20.8 Å². The monoisotopic (exact) mass is 420 g/mol. The van der Waals surface area contributed by atoms with Crippen molar-refractivity contribution in [2.24, 2.45) is 0 Å². The number of rotatable bonds is 7. The number of nitrogens with zero attached hydrogens (tertiary/aromatic N) is 2. The number of nitrogens with one attached hydrogen (secondary N) is 2. The first-order valence-corrected chi connectivity index (χ1v) is 10.4. The Hall–Kier alpha value is -2.59. The fourth-order valence-corrected chi connectivity index (χ4v) is 4.48. The SMILES string of the molecule is CCOC(=O)C1=C(CSc2nnc(C)s2)NC(=O)N[C@H]1c1ccc(OC)cc1. The molecule has 1 aromatic heterocycles. The van der Waals surface area contributed by atoms with Gasteiger partial charge < -0.3 is 20.1 Å². The maximum absolute atomic E-state index is 12.7. The van der Waals surface area contributed by atoms with Crippen molar-refractivity contribution in [1.82, 2.24) is 20.8 Å². The first-order valence-electron chi connectivity index (χ1n) is 8.56. The normalized spacial score (nSPS) is 16.4. The second kappa shape index (κ2) is 9.07. The Bertz CT molecular complexity index is 895. The van der Waals surface area contributed by atoms with Gasteiger partial charge in [-0.05, 0) is 31.5 Å². The zero-order valence-corrected chi connectivity index (χ0v) is 17.3. The van der Waals surface area contributed by atoms with Crippen LogP contribution in [-0.4, -0.2) is 41.7 Å². The third-order valence-electron chi connectivity index (χ3n) is 3.95. The van der Waals surface area contributed by atoms with Crippen LogP contribution in [0.5, 0.6) is 5.75 Å². The molecule has 0 saturated heterocycles. The molecule has 1 aromatic carbocycles. The summed E-state index contributed by atoms with van der Waals surface area (Å²) in [5, 5.41) is 14.5. The molecular weight excluding hydrogens is 400 g/mol. The average molecular weight is 421 g/mol. The van der Waals surface area contributed by atoms with Crippen LogP contribution in [0, 0.1) is 6.92 Å². The molecule has 2 aromatic rings. The van der Waals surface area contributed by atoms with Gasteiger partial charge >= 0.3 is 12.0 Å². The summed E-state index contributed by atoms with van der Waals surface area (Å²) in [5.41, 5.74) is 1.63. The lowest BCUT2D eigenvalue weighted by Gasteiger charge is -2.29. The Labute approximate surface area is 170 Å². The second-order valence-corrected chi connectivity index (χ2v) is 8.20. The van der Waals surface area contributed by atoms with Gasteiger partial charge in [-0.25, -0.2) is 9.59 Å². The van der Waals surface area contributed by atoms with Crippen molar-refractivity contribution < 1.29 is 19.1 Å². The van der Waals surface area contributed by atoms with Crippen LogP contribution in [0.3, 0.4) is 0 Å². The van der Waals surface area contributed by atoms with Crippen molar-refractivity contribution in [3.05, 3.63) is 46.1 Å². The van der Waals surface area contributed by atoms with E-state index in [1.165, 1.54) is 23.1 Å². The Morgan fingerprint density at radius 3 is 2.64 bits per heavy atom. The number of methoxy groups -OCH3 is 1. The van der Waals surface area contributed by atoms with Crippen LogP contribution in [0.4, 0.5) is 4.79 Å². The van der Waals surface area contributed by atoms with Crippen LogP contribution in [0.25, 0.3) is 0 Å². The highest BCUT2D eigenvalue weighted by molar-refractivity contribution is 8.01. The van der Waals surface area contributed by atoms with E-state index in [-0.39, 0.29) is 12.6 Å². The minimum atomic E-state index is -0.620. The number of hydrogen-bond donors (Lipinski definition) is 2. The number of esters is 1. The number of urea groups is 1. The molecule has 0 spiro atoms. The fourth-order valence-electron chi connectivity index (χ4n) is 2.70. The molecule has 0 saturated carbocycles. The summed E-state index contributed by atoms with van der Waals surface area (Å²) in [6, 6.07) is 6.19. The molecule has 10 heteroatoms. The zero-order chi connectivity index (χ0) is 20.1. The summed E-state index contributed by atoms with van der Waals surface area (Å²) in [4.78, 5) is 25.0. The smallest absolute Gasteiger partial charge is 0.338 e. The number of carbonyl (C=O) groups is 2. The van der Waals surface area contributed by atoms with E-state index in [0.717, 1.165) is 14.9 Å². The fraction of sp³-hybridized carbons (Fsp3) is 0.333. The quantitative estimate of drug-likeness (QED) is 0.524. The van der Waals surface area contributed by atoms with Crippen LogP contribution in [0.15, 0.2) is 39.9 Å². The first-order chi connectivity index (χ1) is 13.5. The summed E-state index contributed by atoms with van der Waals surface area (Å²) in [6.07, 6.45) is 0. The van der Waals surface area contributed by atoms with Gasteiger partial charge in [0.25, 0.3) is 0 Å². The topological polar surface area (TPSA) is 102 Å². The minimum Gasteiger partial charge on any atom is -0.497 e. The van der Waals surface area contributed by atoms with Crippen LogP contribution < -0.4 is 15.4 Å². The minimum absolute atomic E-state index is 0.238. The lowest BCUT2D eigenvalue weighted by Crippen LogP contribution is -2.46. The molecule has 2 amide bonds. The molecule has 148 valence electrons. The number of aromatic nitrogens is 2. The van der Waals surface area contributed by atoms with Gasteiger partial charge in [0.2, 0.25) is 0 Å². The number of aryl methyl sites for hydroxylation is 1. The third-order valence-corrected chi connectivity index (χ3v) is 5.94. The highest BCUT2D eigenvalue weighted by Crippen LogP contribution is 2.32. The van der Waals surface area contributed by atoms with E-state index >= 15 is 0 Å². The van der Waals surface area contributed by atoms with Crippen LogP contribution in [-0.2, 0) is 9.53 Å². The molecular formula is C18H20N4O4S2. The van der Waals surface area contributed by atoms with Gasteiger partial charge in [0, 0.05) is 11.4 Å². The number of carbonyl (C=O) groups excluding carboxylic acids is 2. The molecule has 0 aliphatic carbocycles. The van der Waals surface area contributed by atoms with E-state index in [9.17, 15) is 9.59 Å². The predicted molar refractivity (Wildman–Crippen MR) is 106 cm³/mol. The van der Waals surface area contributed by atoms with E-state index in [4.69, 9.17) is 9.47 Å². The van der Waals surface area contributed by atoms with E-state index < -0.39 is 12.0 Å². The summed E-state index contributed by atoms with van der Waals surface area (Å²) >= 11 is 2.87. The largest absolute Gasteiger partial charge is 0.497 e. The van der Waals surface area contributed by atoms with Crippen molar-refractivity contribution in [3.8, 4) is 5.75 Å². The molecule has 28 heavy (non-hydrogen) atoms. The van der Waals surface area contributed by atoms with Gasteiger partial charge in [-0.1, -0.05) is 35.2 Å². The Balaban J connectivity index is 1.95. The molecule has 0 bridgehead atoms. The van der Waals surface area contributed by atoms with Crippen molar-refractivity contribution in [2.45, 2.75) is 24.2 Å². The van der Waals surface area contributed by atoms with Gasteiger partial charge in [0.05, 0.1) is 25.3 Å². The molecule has 1 aliphatic heterocycles. The average Bonchev–Trinajstić information content (AvgIpc) is 3.11. The van der Waals surface area contributed by atoms with Crippen LogP contribution in [0.2, 0.25) is 0 Å². The third kappa shape index (κ3) is 4.63. The van der Waals surface area contributed by atoms with E-state index in [1.807, 2.05) is 19.1 Å². The summed E-state index contributed by atoms with van der Waals surface area (Å²) in [6.45, 7) is 3.85. The lowest BCUT2D eigenvalue weighted by atomic mass is 9.95. The summed E-state index contributed by atoms with van der Waals surface area (Å²) in [5.74, 6) is 0.580. The zero-order valence-electron chi connectivity index (χ0n) is 15.6. The standard InChI is InChI=1S/C18H20N4O4S2/c1-4-26-16(23)14-13(9-27-18-22-21-10(2)28-18)19-17(24)20-15(14)11-5-7-12(25-3)8-6-11/h5-8,15H,4,9H2,1-3H3,(H2,19,20,24)/t15-/m0/s1. The molecule has 0 fully saturated rings. The highest BCUT2D eigenvalue weighted by atomic mass is 32.2. The van der Waals surface area contributed by atoms with Crippen LogP contribution >= 0.6 is 23.1 Å². The number of thioether (sulfide) groups is 1. The summed E-state index contributed by atoms with van der Waals surface area (Å²) in [7, 11) is 1.58. The number of benzene rings is 1. The maximum atomic E-state index is 12.7. The Morgan fingerprint density at radius 1 is 1.29 bits per heavy atom. The summed E-state index contributed by atoms with van der Waals surface area (Å²) < 4.78 is 11.2. The van der Waals surface area contributed by atoms with Gasteiger partial charge in [0.15, 0.2) is 4.34 Å². The van der Waals surface area contributed by atoms with E-state index in [0.29, 0.717) is 22.8 Å². The predicted octanol–water partition coefficient (Wildman–Crippen LogP) is 2.82. The lowest BCUT2D eigenvalue weighted by molar-refractivity contribution is -0.139. The van der Waals surface area contributed by atoms with Crippen molar-refractivity contribution in [3.63, 3.8) is 0 Å². The number of ether oxygens (including phenoxy) is 2. The molecule has 2 heterocycles. The molecule has 8 nitrogen and oxygen atoms in total. The van der Waals surface area contributed by atoms with Gasteiger partial charge in [-0.15, -0.1) is 10.2 Å². The molecule has 1 aliphatic rings. The van der Waals surface area contributed by atoms with Crippen molar-refractivity contribution in [1.29, 1.82) is 0 Å². The molecule has 2 N–H and O–H groups in total. The second-order valence-electron chi connectivity index (χ2n) is 5.79. The van der Waals surface area contributed by atoms with Crippen molar-refractivity contribution >= 4 is 35.1 Å². The maximum Gasteiger partial charge on any atom is 0.338 e. The first kappa shape index (κ1) is 20.2. The number of hydrogen-bond acceptors (Lipinski definition) is 8. The van der Waals surface area contributed by atoms with Gasteiger partial charge in [-0.2, -0.15) is 0 Å². The molecule has 3 rings (SSSR count). The molecule has 0 unspecified atom stereocenters. The van der Waals surface area contributed by atoms with E-state index in [1.54, 1.807) is 26.2 Å². The molecule has 1 atom stereocenters. The van der Waals surface area contributed by atoms with Crippen molar-refractivity contribution in [2.75, 3.05) is 19.5 Å².